The molecule has 1 fully saturated rings. The second-order valence-electron chi connectivity index (χ2n) is 8.08. The van der Waals surface area contributed by atoms with Gasteiger partial charge in [0.15, 0.2) is 0 Å². The highest BCUT2D eigenvalue weighted by Gasteiger charge is 2.12. The maximum Gasteiger partial charge on any atom is -0.0383 e. The lowest BCUT2D eigenvalue weighted by molar-refractivity contribution is 0.327. The molecular formula is C19H38. The number of hydrogen-bond donors (Lipinski definition) is 0. The molecule has 0 nitrogen and oxygen atoms in total. The second kappa shape index (κ2) is 9.83. The Morgan fingerprint density at radius 3 is 1.79 bits per heavy atom. The fraction of sp³-hybridized carbons (Fsp3) is 1.00. The molecule has 0 aromatic rings. The Labute approximate surface area is 122 Å². The predicted octanol–water partition coefficient (Wildman–Crippen LogP) is 7.12. The highest BCUT2D eigenvalue weighted by atomic mass is 14.2. The lowest BCUT2D eigenvalue weighted by atomic mass is 9.85. The van der Waals surface area contributed by atoms with E-state index in [0.717, 1.165) is 5.92 Å². The van der Waals surface area contributed by atoms with Crippen LogP contribution in [0.5, 0.6) is 0 Å². The molecule has 1 rings (SSSR count). The molecule has 0 N–H and O–H groups in total. The topological polar surface area (TPSA) is 0 Å². The van der Waals surface area contributed by atoms with Gasteiger partial charge in [0.25, 0.3) is 0 Å². The predicted molar refractivity (Wildman–Crippen MR) is 87.6 cm³/mol. The third kappa shape index (κ3) is 10.4. The molecule has 1 aliphatic rings. The minimum atomic E-state index is 0.542. The minimum Gasteiger partial charge on any atom is -0.0602 e. The van der Waals surface area contributed by atoms with Crippen LogP contribution in [0.15, 0.2) is 0 Å². The van der Waals surface area contributed by atoms with E-state index in [9.17, 15) is 0 Å². The molecule has 0 saturated heterocycles. The van der Waals surface area contributed by atoms with E-state index in [4.69, 9.17) is 0 Å². The van der Waals surface area contributed by atoms with Crippen LogP contribution in [-0.4, -0.2) is 0 Å². The Kier molecular flexibility index (Phi) is 8.83. The van der Waals surface area contributed by atoms with Gasteiger partial charge in [-0.2, -0.15) is 0 Å². The number of unbranched alkanes of at least 4 members (excludes halogenated alkanes) is 6. The molecule has 0 aliphatic heterocycles. The molecule has 0 heteroatoms. The van der Waals surface area contributed by atoms with E-state index in [2.05, 4.69) is 20.8 Å². The van der Waals surface area contributed by atoms with Crippen molar-refractivity contribution in [1.82, 2.24) is 0 Å². The molecule has 0 unspecified atom stereocenters. The van der Waals surface area contributed by atoms with E-state index < -0.39 is 0 Å². The molecular weight excluding hydrogens is 228 g/mol. The third-order valence-electron chi connectivity index (χ3n) is 4.76. The minimum absolute atomic E-state index is 0.542. The molecule has 0 heterocycles. The largest absolute Gasteiger partial charge is 0.0602 e. The maximum absolute atomic E-state index is 2.36. The first kappa shape index (κ1) is 17.1. The zero-order valence-electron chi connectivity index (χ0n) is 14.0. The Bertz CT molecular complexity index is 193. The summed E-state index contributed by atoms with van der Waals surface area (Å²) in [5, 5.41) is 0. The van der Waals surface area contributed by atoms with Gasteiger partial charge in [-0.1, -0.05) is 104 Å². The van der Waals surface area contributed by atoms with Crippen molar-refractivity contribution in [3.8, 4) is 0 Å². The van der Waals surface area contributed by atoms with Crippen LogP contribution in [0, 0.1) is 11.3 Å². The van der Waals surface area contributed by atoms with Crippen molar-refractivity contribution in [3.63, 3.8) is 0 Å². The Morgan fingerprint density at radius 2 is 1.21 bits per heavy atom. The molecule has 0 amide bonds. The van der Waals surface area contributed by atoms with E-state index in [1.165, 1.54) is 89.9 Å². The Morgan fingerprint density at radius 1 is 0.684 bits per heavy atom. The van der Waals surface area contributed by atoms with Crippen LogP contribution < -0.4 is 0 Å². The molecule has 0 atom stereocenters. The quantitative estimate of drug-likeness (QED) is 0.390. The fourth-order valence-corrected chi connectivity index (χ4v) is 3.45. The van der Waals surface area contributed by atoms with Crippen LogP contribution >= 0.6 is 0 Å². The van der Waals surface area contributed by atoms with Gasteiger partial charge in [-0.05, 0) is 17.8 Å². The average Bonchev–Trinajstić information content (AvgIpc) is 2.37. The monoisotopic (exact) mass is 266 g/mol. The molecule has 19 heavy (non-hydrogen) atoms. The van der Waals surface area contributed by atoms with Gasteiger partial charge in [0, 0.05) is 0 Å². The molecule has 0 bridgehead atoms. The summed E-state index contributed by atoms with van der Waals surface area (Å²) in [5.74, 6) is 1.10. The fourth-order valence-electron chi connectivity index (χ4n) is 3.45. The van der Waals surface area contributed by atoms with Crippen molar-refractivity contribution in [2.24, 2.45) is 11.3 Å². The molecule has 0 spiro atoms. The standard InChI is InChI=1S/C19H38/c1-19(2,3)17-13-8-6-4-5-7-10-14-18-15-11-9-12-16-18/h18H,4-17H2,1-3H3. The molecule has 1 aliphatic carbocycles. The first-order valence-corrected chi connectivity index (χ1v) is 9.08. The van der Waals surface area contributed by atoms with Crippen LogP contribution in [0.4, 0.5) is 0 Å². The third-order valence-corrected chi connectivity index (χ3v) is 4.76. The van der Waals surface area contributed by atoms with E-state index in [1.54, 1.807) is 0 Å². The van der Waals surface area contributed by atoms with Crippen molar-refractivity contribution in [2.75, 3.05) is 0 Å². The van der Waals surface area contributed by atoms with Gasteiger partial charge in [0.1, 0.15) is 0 Å². The molecule has 0 aromatic carbocycles. The normalized spacial score (nSPS) is 17.8. The van der Waals surface area contributed by atoms with Gasteiger partial charge in [0.05, 0.1) is 0 Å². The zero-order chi connectivity index (χ0) is 14.0. The van der Waals surface area contributed by atoms with E-state index >= 15 is 0 Å². The van der Waals surface area contributed by atoms with E-state index in [-0.39, 0.29) is 0 Å². The average molecular weight is 267 g/mol. The SMILES string of the molecule is CC(C)(C)CCCCCCCCCC1CCCCC1. The van der Waals surface area contributed by atoms with Crippen molar-refractivity contribution < 1.29 is 0 Å². The van der Waals surface area contributed by atoms with Gasteiger partial charge >= 0.3 is 0 Å². The lowest BCUT2D eigenvalue weighted by Gasteiger charge is -2.21. The lowest BCUT2D eigenvalue weighted by Crippen LogP contribution is -2.05. The van der Waals surface area contributed by atoms with Gasteiger partial charge < -0.3 is 0 Å². The Balaban J connectivity index is 1.78. The summed E-state index contributed by atoms with van der Waals surface area (Å²) in [5.41, 5.74) is 0.542. The van der Waals surface area contributed by atoms with Gasteiger partial charge in [-0.15, -0.1) is 0 Å². The number of hydrogen-bond acceptors (Lipinski definition) is 0. The zero-order valence-corrected chi connectivity index (χ0v) is 14.0. The molecule has 1 saturated carbocycles. The summed E-state index contributed by atoms with van der Waals surface area (Å²) in [6, 6.07) is 0. The summed E-state index contributed by atoms with van der Waals surface area (Å²) in [6.07, 6.45) is 20.9. The first-order chi connectivity index (χ1) is 9.08. The summed E-state index contributed by atoms with van der Waals surface area (Å²) in [7, 11) is 0. The molecule has 114 valence electrons. The Hall–Kier alpha value is 0. The summed E-state index contributed by atoms with van der Waals surface area (Å²) < 4.78 is 0. The van der Waals surface area contributed by atoms with E-state index in [0.29, 0.717) is 5.41 Å². The van der Waals surface area contributed by atoms with Crippen molar-refractivity contribution in [1.29, 1.82) is 0 Å². The smallest absolute Gasteiger partial charge is 0.0383 e. The van der Waals surface area contributed by atoms with Crippen LogP contribution in [0.25, 0.3) is 0 Å². The van der Waals surface area contributed by atoms with Crippen molar-refractivity contribution >= 4 is 0 Å². The van der Waals surface area contributed by atoms with Gasteiger partial charge in [-0.3, -0.25) is 0 Å². The summed E-state index contributed by atoms with van der Waals surface area (Å²) >= 11 is 0. The van der Waals surface area contributed by atoms with Gasteiger partial charge in [0.2, 0.25) is 0 Å². The number of rotatable bonds is 9. The van der Waals surface area contributed by atoms with Crippen LogP contribution in [-0.2, 0) is 0 Å². The van der Waals surface area contributed by atoms with Crippen LogP contribution in [0.2, 0.25) is 0 Å². The van der Waals surface area contributed by atoms with Crippen LogP contribution in [0.3, 0.4) is 0 Å². The van der Waals surface area contributed by atoms with Gasteiger partial charge in [-0.25, -0.2) is 0 Å². The highest BCUT2D eigenvalue weighted by molar-refractivity contribution is 4.65. The van der Waals surface area contributed by atoms with E-state index in [1.807, 2.05) is 0 Å². The maximum atomic E-state index is 2.36. The van der Waals surface area contributed by atoms with Crippen molar-refractivity contribution in [3.05, 3.63) is 0 Å². The molecule has 0 aromatic heterocycles. The molecule has 0 radical (unpaired) electrons. The highest BCUT2D eigenvalue weighted by Crippen LogP contribution is 2.28. The van der Waals surface area contributed by atoms with Crippen LogP contribution in [0.1, 0.15) is 111 Å². The van der Waals surface area contributed by atoms with Crippen molar-refractivity contribution in [2.45, 2.75) is 111 Å². The first-order valence-electron chi connectivity index (χ1n) is 9.08. The summed E-state index contributed by atoms with van der Waals surface area (Å²) in [4.78, 5) is 0. The second-order valence-corrected chi connectivity index (χ2v) is 8.08. The summed E-state index contributed by atoms with van der Waals surface area (Å²) in [6.45, 7) is 7.08.